The molecule has 6 nitrogen and oxygen atoms in total. The van der Waals surface area contributed by atoms with Crippen molar-refractivity contribution >= 4 is 23.6 Å². The lowest BCUT2D eigenvalue weighted by Gasteiger charge is -2.32. The number of carbonyl (C=O) groups is 2. The van der Waals surface area contributed by atoms with Gasteiger partial charge < -0.3 is 9.88 Å². The van der Waals surface area contributed by atoms with E-state index < -0.39 is 0 Å². The summed E-state index contributed by atoms with van der Waals surface area (Å²) >= 11 is 0. The molecule has 3 aromatic rings. The molecular weight excluding hydrogens is 388 g/mol. The van der Waals surface area contributed by atoms with E-state index in [0.29, 0.717) is 13.0 Å². The summed E-state index contributed by atoms with van der Waals surface area (Å²) in [7, 11) is 0. The van der Waals surface area contributed by atoms with Crippen LogP contribution in [0, 0.1) is 0 Å². The van der Waals surface area contributed by atoms with Gasteiger partial charge in [-0.2, -0.15) is 0 Å². The summed E-state index contributed by atoms with van der Waals surface area (Å²) in [4.78, 5) is 30.9. The van der Waals surface area contributed by atoms with E-state index in [9.17, 15) is 9.59 Å². The molecule has 1 aromatic heterocycles. The third kappa shape index (κ3) is 3.89. The summed E-state index contributed by atoms with van der Waals surface area (Å²) in [5.41, 5.74) is 5.87. The van der Waals surface area contributed by atoms with Crippen molar-refractivity contribution in [2.45, 2.75) is 31.8 Å². The van der Waals surface area contributed by atoms with Crippen LogP contribution in [0.3, 0.4) is 0 Å². The molecule has 1 aliphatic heterocycles. The number of imidazole rings is 1. The smallest absolute Gasteiger partial charge is 0.324 e. The lowest BCUT2D eigenvalue weighted by Crippen LogP contribution is -2.51. The maximum Gasteiger partial charge on any atom is 0.324 e. The minimum absolute atomic E-state index is 0.127. The Hall–Kier alpha value is -3.67. The summed E-state index contributed by atoms with van der Waals surface area (Å²) in [6, 6.07) is 15.8. The van der Waals surface area contributed by atoms with Crippen LogP contribution in [0.5, 0.6) is 0 Å². The van der Waals surface area contributed by atoms with Gasteiger partial charge >= 0.3 is 6.03 Å². The van der Waals surface area contributed by atoms with E-state index in [1.54, 1.807) is 12.5 Å². The Morgan fingerprint density at radius 2 is 1.87 bits per heavy atom. The number of aromatic nitrogens is 2. The first-order chi connectivity index (χ1) is 15.2. The highest BCUT2D eigenvalue weighted by molar-refractivity contribution is 5.98. The zero-order chi connectivity index (χ0) is 21.2. The maximum atomic E-state index is 12.8. The van der Waals surface area contributed by atoms with Crippen LogP contribution in [0.1, 0.15) is 41.1 Å². The van der Waals surface area contributed by atoms with Crippen molar-refractivity contribution in [1.29, 1.82) is 0 Å². The molecule has 0 radical (unpaired) electrons. The number of amides is 3. The van der Waals surface area contributed by atoms with Gasteiger partial charge in [-0.15, -0.1) is 0 Å². The monoisotopic (exact) mass is 412 g/mol. The molecule has 1 N–H and O–H groups in total. The van der Waals surface area contributed by atoms with E-state index >= 15 is 0 Å². The van der Waals surface area contributed by atoms with E-state index in [1.807, 2.05) is 35.0 Å². The van der Waals surface area contributed by atoms with Crippen LogP contribution in [0.4, 0.5) is 4.79 Å². The molecule has 3 amide bonds. The molecule has 6 heteroatoms. The second-order valence-electron chi connectivity index (χ2n) is 8.04. The van der Waals surface area contributed by atoms with Crippen molar-refractivity contribution in [2.24, 2.45) is 0 Å². The number of nitrogens with zero attached hydrogens (tertiary/aromatic N) is 3. The lowest BCUT2D eigenvalue weighted by molar-refractivity contribution is -0.130. The summed E-state index contributed by atoms with van der Waals surface area (Å²) in [6.45, 7) is 1.12. The van der Waals surface area contributed by atoms with Crippen molar-refractivity contribution in [1.82, 2.24) is 19.8 Å². The van der Waals surface area contributed by atoms with Crippen LogP contribution in [0.15, 0.2) is 67.3 Å². The fraction of sp³-hybridized carbons (Fsp3) is 0.240. The average Bonchev–Trinajstić information content (AvgIpc) is 3.45. The Balaban J connectivity index is 1.30. The predicted molar refractivity (Wildman–Crippen MR) is 119 cm³/mol. The molecular formula is C25H24N4O2. The van der Waals surface area contributed by atoms with E-state index in [4.69, 9.17) is 0 Å². The normalized spacial score (nSPS) is 18.0. The molecule has 1 fully saturated rings. The molecule has 2 heterocycles. The van der Waals surface area contributed by atoms with Gasteiger partial charge in [-0.05, 0) is 40.7 Å². The first-order valence-corrected chi connectivity index (χ1v) is 10.6. The van der Waals surface area contributed by atoms with E-state index in [1.165, 1.54) is 21.6 Å². The number of hydrogen-bond acceptors (Lipinski definition) is 3. The Morgan fingerprint density at radius 3 is 2.68 bits per heavy atom. The van der Waals surface area contributed by atoms with Gasteiger partial charge in [-0.25, -0.2) is 9.78 Å². The van der Waals surface area contributed by atoms with Gasteiger partial charge in [0.1, 0.15) is 0 Å². The number of imide groups is 1. The molecule has 1 atom stereocenters. The number of carbonyl (C=O) groups excluding carboxylic acids is 2. The maximum absolute atomic E-state index is 12.8. The van der Waals surface area contributed by atoms with Gasteiger partial charge in [-0.3, -0.25) is 9.69 Å². The van der Waals surface area contributed by atoms with Crippen molar-refractivity contribution in [2.75, 3.05) is 6.54 Å². The Bertz CT molecular complexity index is 1130. The molecule has 0 bridgehead atoms. The molecule has 1 aliphatic carbocycles. The number of nitrogens with one attached hydrogen (secondary N) is 1. The van der Waals surface area contributed by atoms with Gasteiger partial charge in [0.15, 0.2) is 0 Å². The van der Waals surface area contributed by atoms with Crippen molar-refractivity contribution in [3.8, 4) is 0 Å². The standard InChI is InChI=1S/C25H24N4O2/c30-24-16-23(27-25(31)29(24)12-5-11-28-13-10-26-17-28)22-9-4-3-8-21(22)20-14-18-6-1-2-7-19(18)15-20/h1-4,6-10,13-14,17,23H,5,11-12,15-16H2,(H,27,31). The van der Waals surface area contributed by atoms with Crippen LogP contribution in [-0.2, 0) is 17.8 Å². The zero-order valence-electron chi connectivity index (χ0n) is 17.2. The van der Waals surface area contributed by atoms with Crippen LogP contribution >= 0.6 is 0 Å². The molecule has 2 aliphatic rings. The summed E-state index contributed by atoms with van der Waals surface area (Å²) in [5, 5.41) is 3.06. The van der Waals surface area contributed by atoms with Crippen molar-refractivity contribution in [3.05, 3.63) is 89.5 Å². The third-order valence-electron chi connectivity index (χ3n) is 6.03. The number of benzene rings is 2. The molecule has 1 saturated heterocycles. The topological polar surface area (TPSA) is 67.2 Å². The summed E-state index contributed by atoms with van der Waals surface area (Å²) in [5.74, 6) is -0.127. The predicted octanol–water partition coefficient (Wildman–Crippen LogP) is 4.05. The van der Waals surface area contributed by atoms with E-state index in [2.05, 4.69) is 40.6 Å². The Kier molecular flexibility index (Phi) is 5.12. The minimum Gasteiger partial charge on any atom is -0.337 e. The fourth-order valence-electron chi connectivity index (χ4n) is 4.47. The number of allylic oxidation sites excluding steroid dienone is 1. The average molecular weight is 412 g/mol. The molecule has 2 aromatic carbocycles. The van der Waals surface area contributed by atoms with Crippen LogP contribution in [0.2, 0.25) is 0 Å². The molecule has 31 heavy (non-hydrogen) atoms. The fourth-order valence-corrected chi connectivity index (χ4v) is 4.47. The molecule has 0 saturated carbocycles. The van der Waals surface area contributed by atoms with Gasteiger partial charge in [0, 0.05) is 25.5 Å². The highest BCUT2D eigenvalue weighted by atomic mass is 16.2. The number of fused-ring (bicyclic) bond motifs is 1. The van der Waals surface area contributed by atoms with Crippen molar-refractivity contribution in [3.63, 3.8) is 0 Å². The number of aryl methyl sites for hydroxylation is 1. The third-order valence-corrected chi connectivity index (χ3v) is 6.03. The molecule has 156 valence electrons. The minimum atomic E-state index is -0.314. The molecule has 5 rings (SSSR count). The van der Waals surface area contributed by atoms with Crippen LogP contribution in [-0.4, -0.2) is 32.9 Å². The highest BCUT2D eigenvalue weighted by Gasteiger charge is 2.33. The highest BCUT2D eigenvalue weighted by Crippen LogP contribution is 2.36. The van der Waals surface area contributed by atoms with Crippen LogP contribution in [0.25, 0.3) is 11.6 Å². The van der Waals surface area contributed by atoms with E-state index in [-0.39, 0.29) is 24.4 Å². The SMILES string of the molecule is O=C1CC(c2ccccc2C2=Cc3ccccc3C2)NC(=O)N1CCCn1ccnc1. The zero-order valence-corrected chi connectivity index (χ0v) is 17.2. The molecule has 0 spiro atoms. The second kappa shape index (κ2) is 8.22. The van der Waals surface area contributed by atoms with Gasteiger partial charge in [0.05, 0.1) is 18.8 Å². The van der Waals surface area contributed by atoms with Crippen LogP contribution < -0.4 is 5.32 Å². The van der Waals surface area contributed by atoms with Gasteiger partial charge in [0.2, 0.25) is 5.91 Å². The number of rotatable bonds is 6. The number of urea groups is 1. The summed E-state index contributed by atoms with van der Waals surface area (Å²) in [6.07, 6.45) is 9.38. The quantitative estimate of drug-likeness (QED) is 0.664. The molecule has 1 unspecified atom stereocenters. The lowest BCUT2D eigenvalue weighted by atomic mass is 9.91. The number of hydrogen-bond donors (Lipinski definition) is 1. The second-order valence-corrected chi connectivity index (χ2v) is 8.04. The largest absolute Gasteiger partial charge is 0.337 e. The van der Waals surface area contributed by atoms with E-state index in [0.717, 1.165) is 24.1 Å². The Labute approximate surface area is 181 Å². The first-order valence-electron chi connectivity index (χ1n) is 10.6. The van der Waals surface area contributed by atoms with Gasteiger partial charge in [0.25, 0.3) is 0 Å². The Morgan fingerprint density at radius 1 is 1.03 bits per heavy atom. The summed E-state index contributed by atoms with van der Waals surface area (Å²) < 4.78 is 1.94. The van der Waals surface area contributed by atoms with Gasteiger partial charge in [-0.1, -0.05) is 54.6 Å². The first kappa shape index (κ1) is 19.3. The van der Waals surface area contributed by atoms with Crippen molar-refractivity contribution < 1.29 is 9.59 Å².